The Kier molecular flexibility index (Phi) is 4.32. The summed E-state index contributed by atoms with van der Waals surface area (Å²) in [6.07, 6.45) is 1.31. The molecular weight excluding hydrogens is 289 g/mol. The van der Waals surface area contributed by atoms with E-state index in [4.69, 9.17) is 28.3 Å². The molecule has 1 saturated heterocycles. The maximum absolute atomic E-state index is 12.3. The van der Waals surface area contributed by atoms with Crippen molar-refractivity contribution in [2.75, 3.05) is 13.1 Å². The molecular formula is C13H13Cl2NO3. The third kappa shape index (κ3) is 3.19. The Bertz CT molecular complexity index is 519. The number of hydrogen-bond donors (Lipinski definition) is 1. The first kappa shape index (κ1) is 14.2. The highest BCUT2D eigenvalue weighted by Crippen LogP contribution is 2.24. The average molecular weight is 302 g/mol. The van der Waals surface area contributed by atoms with Gasteiger partial charge in [0, 0.05) is 18.7 Å². The molecule has 1 amide bonds. The highest BCUT2D eigenvalue weighted by Gasteiger charge is 2.28. The van der Waals surface area contributed by atoms with Gasteiger partial charge in [-0.05, 0) is 31.0 Å². The first-order valence-electron chi connectivity index (χ1n) is 5.96. The molecule has 1 atom stereocenters. The van der Waals surface area contributed by atoms with Gasteiger partial charge in [0.1, 0.15) is 0 Å². The SMILES string of the molecule is O=C(O)[C@H]1CCCN(C(=O)c2ccc(Cl)c(Cl)c2)C1. The first-order chi connectivity index (χ1) is 8.99. The largest absolute Gasteiger partial charge is 0.481 e. The second kappa shape index (κ2) is 5.80. The molecule has 1 aromatic rings. The van der Waals surface area contributed by atoms with Crippen LogP contribution in [0, 0.1) is 5.92 Å². The van der Waals surface area contributed by atoms with Crippen molar-refractivity contribution in [2.24, 2.45) is 5.92 Å². The first-order valence-corrected chi connectivity index (χ1v) is 6.72. The number of aliphatic carboxylic acids is 1. The van der Waals surface area contributed by atoms with Gasteiger partial charge in [0.2, 0.25) is 0 Å². The van der Waals surface area contributed by atoms with Gasteiger partial charge in [-0.25, -0.2) is 0 Å². The summed E-state index contributed by atoms with van der Waals surface area (Å²) < 4.78 is 0. The predicted molar refractivity (Wildman–Crippen MR) is 72.7 cm³/mol. The number of amides is 1. The van der Waals surface area contributed by atoms with Gasteiger partial charge in [-0.2, -0.15) is 0 Å². The summed E-state index contributed by atoms with van der Waals surface area (Å²) in [5.74, 6) is -1.54. The van der Waals surface area contributed by atoms with Crippen molar-refractivity contribution >= 4 is 35.1 Å². The maximum atomic E-state index is 12.3. The molecule has 2 rings (SSSR count). The minimum atomic E-state index is -0.855. The summed E-state index contributed by atoms with van der Waals surface area (Å²) >= 11 is 11.7. The fraction of sp³-hybridized carbons (Fsp3) is 0.385. The zero-order valence-corrected chi connectivity index (χ0v) is 11.6. The number of rotatable bonds is 2. The van der Waals surface area contributed by atoms with Crippen LogP contribution in [0.1, 0.15) is 23.2 Å². The Labute approximate surface area is 120 Å². The monoisotopic (exact) mass is 301 g/mol. The van der Waals surface area contributed by atoms with Gasteiger partial charge in [-0.1, -0.05) is 23.2 Å². The normalized spacial score (nSPS) is 19.3. The molecule has 1 aliphatic rings. The lowest BCUT2D eigenvalue weighted by molar-refractivity contribution is -0.143. The lowest BCUT2D eigenvalue weighted by Crippen LogP contribution is -2.42. The van der Waals surface area contributed by atoms with Crippen LogP contribution in [0.2, 0.25) is 10.0 Å². The molecule has 0 radical (unpaired) electrons. The van der Waals surface area contributed by atoms with Gasteiger partial charge >= 0.3 is 5.97 Å². The molecule has 0 bridgehead atoms. The molecule has 0 saturated carbocycles. The third-order valence-electron chi connectivity index (χ3n) is 3.22. The van der Waals surface area contributed by atoms with E-state index in [9.17, 15) is 9.59 Å². The quantitative estimate of drug-likeness (QED) is 0.914. The zero-order chi connectivity index (χ0) is 14.0. The van der Waals surface area contributed by atoms with Crippen LogP contribution >= 0.6 is 23.2 Å². The summed E-state index contributed by atoms with van der Waals surface area (Å²) in [6.45, 7) is 0.817. The highest BCUT2D eigenvalue weighted by atomic mass is 35.5. The van der Waals surface area contributed by atoms with Crippen LogP contribution in [-0.4, -0.2) is 35.0 Å². The van der Waals surface area contributed by atoms with E-state index in [-0.39, 0.29) is 12.5 Å². The van der Waals surface area contributed by atoms with E-state index in [0.717, 1.165) is 0 Å². The molecule has 1 aliphatic heterocycles. The topological polar surface area (TPSA) is 57.6 Å². The van der Waals surface area contributed by atoms with Crippen molar-refractivity contribution in [3.63, 3.8) is 0 Å². The van der Waals surface area contributed by atoms with Crippen molar-refractivity contribution in [1.82, 2.24) is 4.90 Å². The molecule has 102 valence electrons. The van der Waals surface area contributed by atoms with Crippen molar-refractivity contribution < 1.29 is 14.7 Å². The van der Waals surface area contributed by atoms with Crippen LogP contribution in [0.25, 0.3) is 0 Å². The molecule has 0 unspecified atom stereocenters. The van der Waals surface area contributed by atoms with E-state index < -0.39 is 11.9 Å². The third-order valence-corrected chi connectivity index (χ3v) is 3.96. The molecule has 6 heteroatoms. The Morgan fingerprint density at radius 1 is 1.26 bits per heavy atom. The number of carboxylic acid groups (broad SMARTS) is 1. The smallest absolute Gasteiger partial charge is 0.308 e. The van der Waals surface area contributed by atoms with Crippen LogP contribution in [0.5, 0.6) is 0 Å². The standard InChI is InChI=1S/C13H13Cl2NO3/c14-10-4-3-8(6-11(10)15)12(17)16-5-1-2-9(7-16)13(18)19/h3-4,6,9H,1-2,5,7H2,(H,18,19)/t9-/m0/s1. The number of nitrogens with zero attached hydrogens (tertiary/aromatic N) is 1. The number of carbonyl (C=O) groups is 2. The van der Waals surface area contributed by atoms with Gasteiger partial charge in [-0.3, -0.25) is 9.59 Å². The molecule has 1 N–H and O–H groups in total. The number of piperidine rings is 1. The van der Waals surface area contributed by atoms with Gasteiger partial charge < -0.3 is 10.0 Å². The van der Waals surface area contributed by atoms with Crippen LogP contribution in [0.4, 0.5) is 0 Å². The van der Waals surface area contributed by atoms with E-state index >= 15 is 0 Å². The number of benzene rings is 1. The summed E-state index contributed by atoms with van der Waals surface area (Å²) in [6, 6.07) is 4.67. The lowest BCUT2D eigenvalue weighted by Gasteiger charge is -2.30. The lowest BCUT2D eigenvalue weighted by atomic mass is 9.97. The molecule has 4 nitrogen and oxygen atoms in total. The Hall–Kier alpha value is -1.26. The van der Waals surface area contributed by atoms with Crippen molar-refractivity contribution in [1.29, 1.82) is 0 Å². The van der Waals surface area contributed by atoms with Crippen molar-refractivity contribution in [3.05, 3.63) is 33.8 Å². The maximum Gasteiger partial charge on any atom is 0.308 e. The number of carbonyl (C=O) groups excluding carboxylic acids is 1. The molecule has 1 aromatic carbocycles. The average Bonchev–Trinajstić information content (AvgIpc) is 2.41. The van der Waals surface area contributed by atoms with Gasteiger partial charge in [0.15, 0.2) is 0 Å². The van der Waals surface area contributed by atoms with E-state index in [0.29, 0.717) is 35.0 Å². The Morgan fingerprint density at radius 3 is 2.63 bits per heavy atom. The summed E-state index contributed by atoms with van der Waals surface area (Å²) in [7, 11) is 0. The number of likely N-dealkylation sites (tertiary alicyclic amines) is 1. The van der Waals surface area contributed by atoms with Gasteiger partial charge in [0.05, 0.1) is 16.0 Å². The fourth-order valence-electron chi connectivity index (χ4n) is 2.17. The summed E-state index contributed by atoms with van der Waals surface area (Å²) in [4.78, 5) is 24.8. The molecule has 1 heterocycles. The van der Waals surface area contributed by atoms with E-state index in [2.05, 4.69) is 0 Å². The van der Waals surface area contributed by atoms with Crippen molar-refractivity contribution in [3.8, 4) is 0 Å². The van der Waals surface area contributed by atoms with Gasteiger partial charge in [-0.15, -0.1) is 0 Å². The van der Waals surface area contributed by atoms with Crippen LogP contribution in [-0.2, 0) is 4.79 Å². The molecule has 0 aliphatic carbocycles. The molecule has 0 spiro atoms. The van der Waals surface area contributed by atoms with Gasteiger partial charge in [0.25, 0.3) is 5.91 Å². The number of carboxylic acids is 1. The van der Waals surface area contributed by atoms with E-state index in [1.807, 2.05) is 0 Å². The molecule has 0 aromatic heterocycles. The fourth-order valence-corrected chi connectivity index (χ4v) is 2.47. The van der Waals surface area contributed by atoms with Crippen LogP contribution < -0.4 is 0 Å². The van der Waals surface area contributed by atoms with E-state index in [1.54, 1.807) is 17.0 Å². The summed E-state index contributed by atoms with van der Waals surface area (Å²) in [5, 5.41) is 9.72. The van der Waals surface area contributed by atoms with E-state index in [1.165, 1.54) is 6.07 Å². The molecule has 19 heavy (non-hydrogen) atoms. The van der Waals surface area contributed by atoms with Crippen LogP contribution in [0.15, 0.2) is 18.2 Å². The number of hydrogen-bond acceptors (Lipinski definition) is 2. The minimum absolute atomic E-state index is 0.204. The summed E-state index contributed by atoms with van der Waals surface area (Å²) in [5.41, 5.74) is 0.431. The van der Waals surface area contributed by atoms with Crippen LogP contribution in [0.3, 0.4) is 0 Å². The second-order valence-corrected chi connectivity index (χ2v) is 5.37. The molecule has 1 fully saturated rings. The predicted octanol–water partition coefficient (Wildman–Crippen LogP) is 2.93. The zero-order valence-electron chi connectivity index (χ0n) is 10.1. The Balaban J connectivity index is 2.14. The Morgan fingerprint density at radius 2 is 2.00 bits per heavy atom. The highest BCUT2D eigenvalue weighted by molar-refractivity contribution is 6.42. The second-order valence-electron chi connectivity index (χ2n) is 4.56. The van der Waals surface area contributed by atoms with Crippen molar-refractivity contribution in [2.45, 2.75) is 12.8 Å². The number of halogens is 2. The minimum Gasteiger partial charge on any atom is -0.481 e.